The minimum absolute atomic E-state index is 0.0287. The Labute approximate surface area is 150 Å². The molecule has 2 N–H and O–H groups in total. The SMILES string of the molecule is O=C(Nc1ncn[nH]1)[C@@H]1CCCN(C(=O)c2cccc3ccccc23)C1. The number of rotatable bonds is 3. The van der Waals surface area contributed by atoms with E-state index in [1.807, 2.05) is 42.5 Å². The number of benzene rings is 2. The van der Waals surface area contributed by atoms with Gasteiger partial charge in [-0.05, 0) is 29.7 Å². The molecule has 0 saturated carbocycles. The van der Waals surface area contributed by atoms with Crippen molar-refractivity contribution in [3.05, 3.63) is 54.4 Å². The smallest absolute Gasteiger partial charge is 0.254 e. The maximum Gasteiger partial charge on any atom is 0.254 e. The van der Waals surface area contributed by atoms with Crippen LogP contribution in [0.25, 0.3) is 10.8 Å². The fourth-order valence-corrected chi connectivity index (χ4v) is 3.44. The molecule has 0 radical (unpaired) electrons. The summed E-state index contributed by atoms with van der Waals surface area (Å²) in [6, 6.07) is 13.6. The highest BCUT2D eigenvalue weighted by molar-refractivity contribution is 6.07. The number of hydrogen-bond donors (Lipinski definition) is 2. The van der Waals surface area contributed by atoms with E-state index in [1.54, 1.807) is 4.90 Å². The van der Waals surface area contributed by atoms with E-state index in [0.29, 0.717) is 24.6 Å². The van der Waals surface area contributed by atoms with Gasteiger partial charge in [0.15, 0.2) is 0 Å². The number of H-pyrrole nitrogens is 1. The molecule has 1 atom stereocenters. The third-order valence-corrected chi connectivity index (χ3v) is 4.76. The molecule has 1 aliphatic heterocycles. The zero-order valence-corrected chi connectivity index (χ0v) is 14.2. The highest BCUT2D eigenvalue weighted by Crippen LogP contribution is 2.24. The maximum absolute atomic E-state index is 13.1. The molecule has 0 spiro atoms. The Morgan fingerprint density at radius 1 is 1.15 bits per heavy atom. The summed E-state index contributed by atoms with van der Waals surface area (Å²) in [5.74, 6) is -0.101. The number of carbonyl (C=O) groups is 2. The number of nitrogens with zero attached hydrogens (tertiary/aromatic N) is 3. The number of fused-ring (bicyclic) bond motifs is 1. The molecule has 3 aromatic rings. The predicted octanol–water partition coefficient (Wildman–Crippen LogP) is 2.45. The standard InChI is InChI=1S/C19H19N5O2/c25-17(22-19-20-12-21-23-19)14-7-4-10-24(11-14)18(26)16-9-3-6-13-5-1-2-8-15(13)16/h1-3,5-6,8-9,12,14H,4,7,10-11H2,(H2,20,21,22,23,25)/t14-/m1/s1. The summed E-state index contributed by atoms with van der Waals surface area (Å²) in [5, 5.41) is 11.0. The number of amides is 2. The Kier molecular flexibility index (Phi) is 4.35. The Morgan fingerprint density at radius 3 is 2.85 bits per heavy atom. The third-order valence-electron chi connectivity index (χ3n) is 4.76. The van der Waals surface area contributed by atoms with Gasteiger partial charge in [0, 0.05) is 18.7 Å². The fourth-order valence-electron chi connectivity index (χ4n) is 3.44. The van der Waals surface area contributed by atoms with E-state index < -0.39 is 0 Å². The van der Waals surface area contributed by atoms with Crippen molar-refractivity contribution in [2.75, 3.05) is 18.4 Å². The molecule has 1 saturated heterocycles. The number of anilines is 1. The second-order valence-electron chi connectivity index (χ2n) is 6.44. The molecule has 1 aromatic heterocycles. The van der Waals surface area contributed by atoms with Crippen molar-refractivity contribution in [3.8, 4) is 0 Å². The van der Waals surface area contributed by atoms with E-state index in [0.717, 1.165) is 23.6 Å². The molecule has 2 heterocycles. The van der Waals surface area contributed by atoms with Crippen LogP contribution in [0, 0.1) is 5.92 Å². The summed E-state index contributed by atoms with van der Waals surface area (Å²) in [4.78, 5) is 31.2. The van der Waals surface area contributed by atoms with Crippen molar-refractivity contribution in [1.82, 2.24) is 20.1 Å². The Bertz CT molecular complexity index is 933. The second kappa shape index (κ2) is 6.95. The maximum atomic E-state index is 13.1. The van der Waals surface area contributed by atoms with Gasteiger partial charge < -0.3 is 4.90 Å². The van der Waals surface area contributed by atoms with Crippen LogP contribution < -0.4 is 5.32 Å². The van der Waals surface area contributed by atoms with Gasteiger partial charge >= 0.3 is 0 Å². The second-order valence-corrected chi connectivity index (χ2v) is 6.44. The van der Waals surface area contributed by atoms with Gasteiger partial charge in [0.25, 0.3) is 5.91 Å². The van der Waals surface area contributed by atoms with E-state index in [4.69, 9.17) is 0 Å². The number of hydrogen-bond acceptors (Lipinski definition) is 4. The lowest BCUT2D eigenvalue weighted by Gasteiger charge is -2.32. The summed E-state index contributed by atoms with van der Waals surface area (Å²) < 4.78 is 0. The molecular formula is C19H19N5O2. The van der Waals surface area contributed by atoms with Gasteiger partial charge in [0.2, 0.25) is 11.9 Å². The Morgan fingerprint density at radius 2 is 2.00 bits per heavy atom. The third kappa shape index (κ3) is 3.15. The highest BCUT2D eigenvalue weighted by atomic mass is 16.2. The first-order chi connectivity index (χ1) is 12.7. The molecule has 26 heavy (non-hydrogen) atoms. The molecule has 1 fully saturated rings. The van der Waals surface area contributed by atoms with Gasteiger partial charge in [0.1, 0.15) is 6.33 Å². The molecule has 0 bridgehead atoms. The van der Waals surface area contributed by atoms with Crippen molar-refractivity contribution in [2.45, 2.75) is 12.8 Å². The fraction of sp³-hybridized carbons (Fsp3) is 0.263. The van der Waals surface area contributed by atoms with Gasteiger partial charge in [-0.25, -0.2) is 5.10 Å². The monoisotopic (exact) mass is 349 g/mol. The summed E-state index contributed by atoms with van der Waals surface area (Å²) in [6.07, 6.45) is 2.89. The summed E-state index contributed by atoms with van der Waals surface area (Å²) in [5.41, 5.74) is 0.680. The summed E-state index contributed by atoms with van der Waals surface area (Å²) in [7, 11) is 0. The molecule has 7 heteroatoms. The van der Waals surface area contributed by atoms with Crippen LogP contribution in [0.2, 0.25) is 0 Å². The van der Waals surface area contributed by atoms with E-state index in [2.05, 4.69) is 20.5 Å². The van der Waals surface area contributed by atoms with E-state index in [1.165, 1.54) is 6.33 Å². The van der Waals surface area contributed by atoms with Gasteiger partial charge in [-0.1, -0.05) is 36.4 Å². The average molecular weight is 349 g/mol. The normalized spacial score (nSPS) is 17.2. The number of nitrogens with one attached hydrogen (secondary N) is 2. The van der Waals surface area contributed by atoms with Crippen molar-refractivity contribution in [1.29, 1.82) is 0 Å². The van der Waals surface area contributed by atoms with E-state index in [-0.39, 0.29) is 17.7 Å². The first kappa shape index (κ1) is 16.3. The number of carbonyl (C=O) groups excluding carboxylic acids is 2. The van der Waals surface area contributed by atoms with Gasteiger partial charge in [0.05, 0.1) is 5.92 Å². The van der Waals surface area contributed by atoms with Crippen molar-refractivity contribution < 1.29 is 9.59 Å². The number of aromatic amines is 1. The van der Waals surface area contributed by atoms with Crippen molar-refractivity contribution >= 4 is 28.5 Å². The van der Waals surface area contributed by atoms with Crippen LogP contribution in [0.4, 0.5) is 5.95 Å². The Hall–Kier alpha value is -3.22. The highest BCUT2D eigenvalue weighted by Gasteiger charge is 2.29. The van der Waals surface area contributed by atoms with Crippen LogP contribution in [0.3, 0.4) is 0 Å². The Balaban J connectivity index is 1.52. The van der Waals surface area contributed by atoms with Gasteiger partial charge in [-0.2, -0.15) is 10.1 Å². The summed E-state index contributed by atoms with van der Waals surface area (Å²) in [6.45, 7) is 1.07. The average Bonchev–Trinajstić information content (AvgIpc) is 3.20. The largest absolute Gasteiger partial charge is 0.338 e. The van der Waals surface area contributed by atoms with Crippen LogP contribution >= 0.6 is 0 Å². The predicted molar refractivity (Wildman–Crippen MR) is 97.6 cm³/mol. The van der Waals surface area contributed by atoms with E-state index in [9.17, 15) is 9.59 Å². The minimum Gasteiger partial charge on any atom is -0.338 e. The lowest BCUT2D eigenvalue weighted by molar-refractivity contribution is -0.121. The number of piperidine rings is 1. The molecule has 4 rings (SSSR count). The van der Waals surface area contributed by atoms with Gasteiger partial charge in [-0.3, -0.25) is 14.9 Å². The molecule has 0 unspecified atom stereocenters. The van der Waals surface area contributed by atoms with Crippen LogP contribution in [0.15, 0.2) is 48.8 Å². The van der Waals surface area contributed by atoms with Crippen molar-refractivity contribution in [3.63, 3.8) is 0 Å². The summed E-state index contributed by atoms with van der Waals surface area (Å²) >= 11 is 0. The quantitative estimate of drug-likeness (QED) is 0.760. The molecule has 1 aliphatic rings. The number of likely N-dealkylation sites (tertiary alicyclic amines) is 1. The zero-order chi connectivity index (χ0) is 17.9. The van der Waals surface area contributed by atoms with Gasteiger partial charge in [-0.15, -0.1) is 0 Å². The molecular weight excluding hydrogens is 330 g/mol. The van der Waals surface area contributed by atoms with Crippen LogP contribution in [-0.4, -0.2) is 45.0 Å². The lowest BCUT2D eigenvalue weighted by atomic mass is 9.95. The minimum atomic E-state index is -0.257. The molecule has 0 aliphatic carbocycles. The lowest BCUT2D eigenvalue weighted by Crippen LogP contribution is -2.43. The molecule has 7 nitrogen and oxygen atoms in total. The van der Waals surface area contributed by atoms with Crippen molar-refractivity contribution in [2.24, 2.45) is 5.92 Å². The first-order valence-corrected chi connectivity index (χ1v) is 8.65. The molecule has 2 aromatic carbocycles. The topological polar surface area (TPSA) is 91.0 Å². The van der Waals surface area contributed by atoms with Crippen LogP contribution in [0.5, 0.6) is 0 Å². The molecule has 2 amide bonds. The number of aromatic nitrogens is 3. The van der Waals surface area contributed by atoms with Crippen LogP contribution in [0.1, 0.15) is 23.2 Å². The molecule has 132 valence electrons. The van der Waals surface area contributed by atoms with E-state index >= 15 is 0 Å². The van der Waals surface area contributed by atoms with Crippen LogP contribution in [-0.2, 0) is 4.79 Å². The first-order valence-electron chi connectivity index (χ1n) is 8.65. The zero-order valence-electron chi connectivity index (χ0n) is 14.2.